The molecule has 1 rings (SSSR count). The molecule has 0 unspecified atom stereocenters. The molecule has 1 heterocycles. The number of hydrogen-bond donors (Lipinski definition) is 0. The molecule has 10 heavy (non-hydrogen) atoms. The van der Waals surface area contributed by atoms with E-state index in [4.69, 9.17) is 0 Å². The van der Waals surface area contributed by atoms with Gasteiger partial charge in [-0.15, -0.1) is 11.8 Å². The minimum atomic E-state index is -2.70. The largest absolute Gasteiger partial charge is 0.228 e. The lowest BCUT2D eigenvalue weighted by Crippen LogP contribution is -2.14. The Bertz CT molecular complexity index is 171. The van der Waals surface area contributed by atoms with E-state index in [9.17, 15) is 8.42 Å². The van der Waals surface area contributed by atoms with Crippen LogP contribution in [0.1, 0.15) is 0 Å². The zero-order chi connectivity index (χ0) is 7.45. The predicted molar refractivity (Wildman–Crippen MR) is 48.4 cm³/mol. The van der Waals surface area contributed by atoms with Crippen LogP contribution in [0.15, 0.2) is 0 Å². The fraction of sp³-hybridized carbons (Fsp3) is 1.00. The highest BCUT2D eigenvalue weighted by molar-refractivity contribution is 8.14. The van der Waals surface area contributed by atoms with Crippen molar-refractivity contribution in [2.24, 2.45) is 0 Å². The maximum absolute atomic E-state index is 11.0. The molecule has 0 aromatic heterocycles. The quantitative estimate of drug-likeness (QED) is 0.577. The third-order valence-corrected chi connectivity index (χ3v) is 6.10. The summed E-state index contributed by atoms with van der Waals surface area (Å²) in [4.78, 5) is 0. The molecule has 0 amide bonds. The first kappa shape index (κ1) is 8.74. The van der Waals surface area contributed by atoms with Gasteiger partial charge in [-0.05, 0) is 0 Å². The number of hydrogen-bond acceptors (Lipinski definition) is 4. The second-order valence-corrected chi connectivity index (χ2v) is 6.97. The molecule has 0 aromatic carbocycles. The maximum atomic E-state index is 11.0. The first-order valence-electron chi connectivity index (χ1n) is 3.07. The molecular weight excluding hydrogens is 188 g/mol. The minimum absolute atomic E-state index is 0.327. The summed E-state index contributed by atoms with van der Waals surface area (Å²) in [7, 11) is -2.70. The number of thioether (sulfide) groups is 2. The van der Waals surface area contributed by atoms with Gasteiger partial charge in [0.25, 0.3) is 0 Å². The highest BCUT2D eigenvalue weighted by Gasteiger charge is 2.12. The molecule has 0 N–H and O–H groups in total. The first-order valence-corrected chi connectivity index (χ1v) is 7.20. The van der Waals surface area contributed by atoms with E-state index in [1.807, 2.05) is 0 Å². The van der Waals surface area contributed by atoms with Gasteiger partial charge >= 0.3 is 0 Å². The molecule has 0 spiro atoms. The second-order valence-electron chi connectivity index (χ2n) is 2.09. The third kappa shape index (κ3) is 3.16. The lowest BCUT2D eigenvalue weighted by atomic mass is 10.9. The number of sulfone groups is 1. The normalized spacial score (nSPS) is 26.8. The lowest BCUT2D eigenvalue weighted by Gasteiger charge is -2.07. The van der Waals surface area contributed by atoms with Gasteiger partial charge in [-0.25, -0.2) is 8.42 Å². The van der Waals surface area contributed by atoms with Gasteiger partial charge in [0.1, 0.15) is 0 Å². The SMILES string of the molecule is O=S1(=O)CCSCCSC1. The zero-order valence-corrected chi connectivity index (χ0v) is 8.03. The van der Waals surface area contributed by atoms with Gasteiger partial charge in [0.2, 0.25) is 0 Å². The standard InChI is InChI=1S/C5H10O2S3/c6-10(7)4-3-8-1-2-9-5-10/h1-5H2. The summed E-state index contributed by atoms with van der Waals surface area (Å²) in [6.45, 7) is 0. The molecule has 0 radical (unpaired) electrons. The van der Waals surface area contributed by atoms with Crippen molar-refractivity contribution in [3.8, 4) is 0 Å². The Balaban J connectivity index is 2.46. The van der Waals surface area contributed by atoms with Crippen LogP contribution in [0.4, 0.5) is 0 Å². The van der Waals surface area contributed by atoms with E-state index in [0.717, 1.165) is 17.3 Å². The van der Waals surface area contributed by atoms with Crippen LogP contribution < -0.4 is 0 Å². The van der Waals surface area contributed by atoms with Gasteiger partial charge in [0.15, 0.2) is 9.84 Å². The fourth-order valence-electron chi connectivity index (χ4n) is 0.651. The molecule has 0 bridgehead atoms. The Morgan fingerprint density at radius 1 is 1.00 bits per heavy atom. The van der Waals surface area contributed by atoms with Crippen LogP contribution in [0.25, 0.3) is 0 Å². The molecule has 1 fully saturated rings. The summed E-state index contributed by atoms with van der Waals surface area (Å²) in [5.41, 5.74) is 0. The molecular formula is C5H10O2S3. The summed E-state index contributed by atoms with van der Waals surface area (Å²) in [5, 5.41) is 0.327. The highest BCUT2D eigenvalue weighted by atomic mass is 32.3. The molecule has 0 saturated carbocycles. The van der Waals surface area contributed by atoms with Crippen molar-refractivity contribution in [2.45, 2.75) is 0 Å². The van der Waals surface area contributed by atoms with Crippen LogP contribution in [-0.2, 0) is 9.84 Å². The van der Waals surface area contributed by atoms with E-state index in [0.29, 0.717) is 10.8 Å². The number of rotatable bonds is 0. The van der Waals surface area contributed by atoms with E-state index in [-0.39, 0.29) is 0 Å². The van der Waals surface area contributed by atoms with Crippen molar-refractivity contribution >= 4 is 33.4 Å². The maximum Gasteiger partial charge on any atom is 0.160 e. The summed E-state index contributed by atoms with van der Waals surface area (Å²) in [6.07, 6.45) is 0. The van der Waals surface area contributed by atoms with E-state index in [1.165, 1.54) is 11.8 Å². The average Bonchev–Trinajstić information content (AvgIpc) is 1.81. The molecule has 5 heteroatoms. The summed E-state index contributed by atoms with van der Waals surface area (Å²) < 4.78 is 22.0. The smallest absolute Gasteiger partial charge is 0.160 e. The van der Waals surface area contributed by atoms with Gasteiger partial charge in [-0.2, -0.15) is 11.8 Å². The highest BCUT2D eigenvalue weighted by Crippen LogP contribution is 2.14. The molecule has 0 aromatic rings. The molecule has 0 atom stereocenters. The predicted octanol–water partition coefficient (Wildman–Crippen LogP) is 0.839. The summed E-state index contributed by atoms with van der Waals surface area (Å²) in [6, 6.07) is 0. The van der Waals surface area contributed by atoms with Crippen molar-refractivity contribution in [3.63, 3.8) is 0 Å². The van der Waals surface area contributed by atoms with Crippen molar-refractivity contribution in [1.29, 1.82) is 0 Å². The van der Waals surface area contributed by atoms with E-state index in [2.05, 4.69) is 0 Å². The van der Waals surface area contributed by atoms with Crippen LogP contribution in [0.5, 0.6) is 0 Å². The van der Waals surface area contributed by atoms with Gasteiger partial charge in [-0.3, -0.25) is 0 Å². The van der Waals surface area contributed by atoms with Gasteiger partial charge in [0.05, 0.1) is 10.8 Å². The fourth-order valence-corrected chi connectivity index (χ4v) is 5.24. The topological polar surface area (TPSA) is 34.1 Å². The van der Waals surface area contributed by atoms with Crippen molar-refractivity contribution in [2.75, 3.05) is 28.1 Å². The van der Waals surface area contributed by atoms with Gasteiger partial charge in [0, 0.05) is 17.3 Å². The van der Waals surface area contributed by atoms with Crippen molar-refractivity contribution in [1.82, 2.24) is 0 Å². The van der Waals surface area contributed by atoms with Crippen LogP contribution in [0.3, 0.4) is 0 Å². The van der Waals surface area contributed by atoms with E-state index >= 15 is 0 Å². The van der Waals surface area contributed by atoms with Gasteiger partial charge < -0.3 is 0 Å². The lowest BCUT2D eigenvalue weighted by molar-refractivity contribution is 0.602. The van der Waals surface area contributed by atoms with Gasteiger partial charge in [-0.1, -0.05) is 0 Å². The summed E-state index contributed by atoms with van der Waals surface area (Å²) >= 11 is 3.26. The minimum Gasteiger partial charge on any atom is -0.228 e. The van der Waals surface area contributed by atoms with Crippen LogP contribution in [0, 0.1) is 0 Å². The van der Waals surface area contributed by atoms with Crippen LogP contribution in [-0.4, -0.2) is 36.5 Å². The van der Waals surface area contributed by atoms with Crippen molar-refractivity contribution in [3.05, 3.63) is 0 Å². The molecule has 60 valence electrons. The molecule has 1 aliphatic rings. The molecule has 2 nitrogen and oxygen atoms in total. The Morgan fingerprint density at radius 3 is 2.50 bits per heavy atom. The Kier molecular flexibility index (Phi) is 3.39. The van der Waals surface area contributed by atoms with Crippen LogP contribution >= 0.6 is 23.5 Å². The van der Waals surface area contributed by atoms with Crippen molar-refractivity contribution < 1.29 is 8.42 Å². The summed E-state index contributed by atoms with van der Waals surface area (Å²) in [5.74, 6) is 3.22. The van der Waals surface area contributed by atoms with E-state index < -0.39 is 9.84 Å². The average molecular weight is 198 g/mol. The Morgan fingerprint density at radius 2 is 1.70 bits per heavy atom. The second kappa shape index (κ2) is 3.88. The Labute approximate surface area is 70.1 Å². The zero-order valence-electron chi connectivity index (χ0n) is 5.58. The molecule has 1 aliphatic heterocycles. The monoisotopic (exact) mass is 198 g/mol. The molecule has 1 saturated heterocycles. The molecule has 0 aliphatic carbocycles. The third-order valence-electron chi connectivity index (χ3n) is 1.17. The first-order chi connectivity index (χ1) is 4.71. The van der Waals surface area contributed by atoms with E-state index in [1.54, 1.807) is 11.8 Å². The van der Waals surface area contributed by atoms with Crippen LogP contribution in [0.2, 0.25) is 0 Å². The Hall–Kier alpha value is 0.650.